The molecule has 4 nitrogen and oxygen atoms in total. The van der Waals surface area contributed by atoms with E-state index in [2.05, 4.69) is 20.9 Å². The van der Waals surface area contributed by atoms with Crippen molar-refractivity contribution < 1.29 is 9.53 Å². The average molecular weight is 349 g/mol. The predicted molar refractivity (Wildman–Crippen MR) is 85.6 cm³/mol. The quantitative estimate of drug-likeness (QED) is 0.778. The topological polar surface area (TPSA) is 42.4 Å². The number of pyridine rings is 1. The Bertz CT molecular complexity index is 614. The number of carbonyl (C=O) groups excluding carboxylic acids is 1. The summed E-state index contributed by atoms with van der Waals surface area (Å²) < 4.78 is 6.41. The zero-order valence-corrected chi connectivity index (χ0v) is 13.6. The Kier molecular flexibility index (Phi) is 5.33. The van der Waals surface area contributed by atoms with Gasteiger partial charge in [0.15, 0.2) is 0 Å². The van der Waals surface area contributed by atoms with Gasteiger partial charge in [0, 0.05) is 13.2 Å². The molecule has 0 aliphatic rings. The first-order valence-corrected chi connectivity index (χ1v) is 7.42. The number of carbonyl (C=O) groups is 1. The maximum Gasteiger partial charge on any atom is 0.255 e. The largest absolute Gasteiger partial charge is 0.491 e. The van der Waals surface area contributed by atoms with E-state index >= 15 is 0 Å². The van der Waals surface area contributed by atoms with Crippen molar-refractivity contribution in [2.75, 3.05) is 20.2 Å². The SMILES string of the molecule is Cc1ccccc1OCCN(C)C(=O)c1ccc(Br)nc1. The smallest absolute Gasteiger partial charge is 0.255 e. The number of ether oxygens (including phenoxy) is 1. The Morgan fingerprint density at radius 3 is 2.71 bits per heavy atom. The van der Waals surface area contributed by atoms with Gasteiger partial charge in [-0.05, 0) is 46.6 Å². The van der Waals surface area contributed by atoms with E-state index in [-0.39, 0.29) is 5.91 Å². The number of amides is 1. The van der Waals surface area contributed by atoms with Crippen LogP contribution in [0.15, 0.2) is 47.2 Å². The minimum Gasteiger partial charge on any atom is -0.491 e. The summed E-state index contributed by atoms with van der Waals surface area (Å²) in [6, 6.07) is 11.3. The molecule has 0 N–H and O–H groups in total. The van der Waals surface area contributed by atoms with Gasteiger partial charge in [-0.25, -0.2) is 4.98 Å². The highest BCUT2D eigenvalue weighted by Crippen LogP contribution is 2.16. The van der Waals surface area contributed by atoms with Gasteiger partial charge in [-0.1, -0.05) is 18.2 Å². The predicted octanol–water partition coefficient (Wildman–Crippen LogP) is 3.30. The molecule has 0 saturated heterocycles. The average Bonchev–Trinajstić information content (AvgIpc) is 2.49. The molecule has 1 amide bonds. The molecule has 110 valence electrons. The Morgan fingerprint density at radius 2 is 2.05 bits per heavy atom. The van der Waals surface area contributed by atoms with Gasteiger partial charge >= 0.3 is 0 Å². The molecule has 0 saturated carbocycles. The van der Waals surface area contributed by atoms with Crippen LogP contribution in [0.4, 0.5) is 0 Å². The zero-order valence-electron chi connectivity index (χ0n) is 12.0. The summed E-state index contributed by atoms with van der Waals surface area (Å²) in [6.45, 7) is 2.97. The zero-order chi connectivity index (χ0) is 15.2. The van der Waals surface area contributed by atoms with Gasteiger partial charge in [-0.15, -0.1) is 0 Å². The Labute approximate surface area is 132 Å². The van der Waals surface area contributed by atoms with Crippen LogP contribution in [-0.2, 0) is 0 Å². The number of hydrogen-bond acceptors (Lipinski definition) is 3. The number of para-hydroxylation sites is 1. The number of hydrogen-bond donors (Lipinski definition) is 0. The number of halogens is 1. The number of benzene rings is 1. The van der Waals surface area contributed by atoms with Crippen LogP contribution in [0.25, 0.3) is 0 Å². The maximum atomic E-state index is 12.2. The first kappa shape index (κ1) is 15.5. The molecule has 5 heteroatoms. The van der Waals surface area contributed by atoms with Crippen LogP contribution in [0, 0.1) is 6.92 Å². The first-order valence-electron chi connectivity index (χ1n) is 6.63. The summed E-state index contributed by atoms with van der Waals surface area (Å²) in [5.41, 5.74) is 1.65. The minimum atomic E-state index is -0.0663. The van der Waals surface area contributed by atoms with Crippen LogP contribution in [0.2, 0.25) is 0 Å². The Hall–Kier alpha value is -1.88. The van der Waals surface area contributed by atoms with Crippen LogP contribution >= 0.6 is 15.9 Å². The Morgan fingerprint density at radius 1 is 1.29 bits per heavy atom. The lowest BCUT2D eigenvalue weighted by molar-refractivity contribution is 0.0773. The third kappa shape index (κ3) is 4.29. The van der Waals surface area contributed by atoms with Gasteiger partial charge in [0.1, 0.15) is 17.0 Å². The van der Waals surface area contributed by atoms with Crippen LogP contribution in [0.3, 0.4) is 0 Å². The van der Waals surface area contributed by atoms with E-state index in [0.717, 1.165) is 11.3 Å². The van der Waals surface area contributed by atoms with Gasteiger partial charge in [0.05, 0.1) is 12.1 Å². The summed E-state index contributed by atoms with van der Waals surface area (Å²) in [7, 11) is 1.76. The summed E-state index contributed by atoms with van der Waals surface area (Å²) in [5.74, 6) is 0.784. The van der Waals surface area contributed by atoms with Crippen molar-refractivity contribution in [3.05, 3.63) is 58.3 Å². The van der Waals surface area contributed by atoms with Gasteiger partial charge < -0.3 is 9.64 Å². The molecular formula is C16H17BrN2O2. The van der Waals surface area contributed by atoms with E-state index in [9.17, 15) is 4.79 Å². The van der Waals surface area contributed by atoms with Crippen LogP contribution in [0.5, 0.6) is 5.75 Å². The lowest BCUT2D eigenvalue weighted by atomic mass is 10.2. The molecule has 0 spiro atoms. The van der Waals surface area contributed by atoms with E-state index in [0.29, 0.717) is 23.3 Å². The number of aromatic nitrogens is 1. The highest BCUT2D eigenvalue weighted by molar-refractivity contribution is 9.10. The van der Waals surface area contributed by atoms with Gasteiger partial charge in [-0.3, -0.25) is 4.79 Å². The minimum absolute atomic E-state index is 0.0663. The fraction of sp³-hybridized carbons (Fsp3) is 0.250. The van der Waals surface area contributed by atoms with Crippen molar-refractivity contribution in [2.24, 2.45) is 0 Å². The van der Waals surface area contributed by atoms with E-state index in [1.54, 1.807) is 30.3 Å². The number of likely N-dealkylation sites (N-methyl/N-ethyl adjacent to an activating group) is 1. The number of aryl methyl sites for hydroxylation is 1. The fourth-order valence-corrected chi connectivity index (χ4v) is 2.07. The molecule has 1 aromatic carbocycles. The molecule has 1 aromatic heterocycles. The molecule has 0 atom stereocenters. The molecule has 2 aromatic rings. The van der Waals surface area contributed by atoms with E-state index < -0.39 is 0 Å². The molecule has 0 aliphatic heterocycles. The van der Waals surface area contributed by atoms with Gasteiger partial charge in [0.2, 0.25) is 0 Å². The van der Waals surface area contributed by atoms with Crippen molar-refractivity contribution >= 4 is 21.8 Å². The molecule has 1 heterocycles. The second-order valence-corrected chi connectivity index (χ2v) is 5.52. The van der Waals surface area contributed by atoms with Crippen molar-refractivity contribution in [3.8, 4) is 5.75 Å². The standard InChI is InChI=1S/C16H17BrN2O2/c1-12-5-3-4-6-14(12)21-10-9-19(2)16(20)13-7-8-15(17)18-11-13/h3-8,11H,9-10H2,1-2H3. The summed E-state index contributed by atoms with van der Waals surface area (Å²) in [4.78, 5) is 17.9. The van der Waals surface area contributed by atoms with Crippen molar-refractivity contribution in [1.82, 2.24) is 9.88 Å². The summed E-state index contributed by atoms with van der Waals surface area (Å²) >= 11 is 3.25. The second kappa shape index (κ2) is 7.22. The van der Waals surface area contributed by atoms with Gasteiger partial charge in [-0.2, -0.15) is 0 Å². The Balaban J connectivity index is 1.87. The second-order valence-electron chi connectivity index (χ2n) is 4.71. The van der Waals surface area contributed by atoms with E-state index in [1.807, 2.05) is 31.2 Å². The number of nitrogens with zero attached hydrogens (tertiary/aromatic N) is 2. The van der Waals surface area contributed by atoms with Crippen molar-refractivity contribution in [3.63, 3.8) is 0 Å². The molecule has 0 radical (unpaired) electrons. The monoisotopic (exact) mass is 348 g/mol. The summed E-state index contributed by atoms with van der Waals surface area (Å²) in [5, 5.41) is 0. The lowest BCUT2D eigenvalue weighted by Gasteiger charge is -2.18. The first-order chi connectivity index (χ1) is 10.1. The highest BCUT2D eigenvalue weighted by atomic mass is 79.9. The number of rotatable bonds is 5. The summed E-state index contributed by atoms with van der Waals surface area (Å²) in [6.07, 6.45) is 1.56. The van der Waals surface area contributed by atoms with Crippen LogP contribution in [0.1, 0.15) is 15.9 Å². The maximum absolute atomic E-state index is 12.2. The lowest BCUT2D eigenvalue weighted by Crippen LogP contribution is -2.31. The van der Waals surface area contributed by atoms with Gasteiger partial charge in [0.25, 0.3) is 5.91 Å². The highest BCUT2D eigenvalue weighted by Gasteiger charge is 2.12. The van der Waals surface area contributed by atoms with E-state index in [4.69, 9.17) is 4.74 Å². The molecule has 0 fully saturated rings. The van der Waals surface area contributed by atoms with E-state index in [1.165, 1.54) is 0 Å². The third-order valence-electron chi connectivity index (χ3n) is 3.10. The molecule has 0 aliphatic carbocycles. The third-order valence-corrected chi connectivity index (χ3v) is 3.57. The molecule has 21 heavy (non-hydrogen) atoms. The van der Waals surface area contributed by atoms with Crippen LogP contribution < -0.4 is 4.74 Å². The molecular weight excluding hydrogens is 332 g/mol. The molecule has 2 rings (SSSR count). The normalized spacial score (nSPS) is 10.2. The van der Waals surface area contributed by atoms with Crippen LogP contribution in [-0.4, -0.2) is 36.0 Å². The van der Waals surface area contributed by atoms with Crippen molar-refractivity contribution in [1.29, 1.82) is 0 Å². The van der Waals surface area contributed by atoms with Crippen molar-refractivity contribution in [2.45, 2.75) is 6.92 Å². The molecule has 0 unspecified atom stereocenters. The molecule has 0 bridgehead atoms. The fourth-order valence-electron chi connectivity index (χ4n) is 1.84.